The van der Waals surface area contributed by atoms with E-state index in [9.17, 15) is 0 Å². The molecule has 0 saturated heterocycles. The van der Waals surface area contributed by atoms with Gasteiger partial charge in [-0.1, -0.05) is 6.07 Å². The normalized spacial score (nSPS) is 15.3. The summed E-state index contributed by atoms with van der Waals surface area (Å²) in [4.78, 5) is 4.21. The van der Waals surface area contributed by atoms with Crippen LogP contribution in [-0.2, 0) is 0 Å². The van der Waals surface area contributed by atoms with E-state index in [2.05, 4.69) is 10.3 Å². The van der Waals surface area contributed by atoms with Crippen molar-refractivity contribution in [2.24, 2.45) is 0 Å². The van der Waals surface area contributed by atoms with E-state index in [1.54, 1.807) is 13.1 Å². The Morgan fingerprint density at radius 3 is 2.77 bits per heavy atom. The molecule has 0 spiro atoms. The lowest BCUT2D eigenvalue weighted by molar-refractivity contribution is 0.187. The van der Waals surface area contributed by atoms with Crippen molar-refractivity contribution in [3.05, 3.63) is 30.1 Å². The quantitative estimate of drug-likeness (QED) is 0.729. The maximum absolute atomic E-state index is 9.07. The van der Waals surface area contributed by atoms with Crippen molar-refractivity contribution >= 4 is 0 Å². The first-order chi connectivity index (χ1) is 6.20. The van der Waals surface area contributed by atoms with Gasteiger partial charge in [0.25, 0.3) is 0 Å². The van der Waals surface area contributed by atoms with Gasteiger partial charge >= 0.3 is 0 Å². The van der Waals surface area contributed by atoms with Crippen molar-refractivity contribution in [2.75, 3.05) is 6.54 Å². The largest absolute Gasteiger partial charge is 0.392 e. The first-order valence-corrected chi connectivity index (χ1v) is 4.52. The highest BCUT2D eigenvalue weighted by Crippen LogP contribution is 2.06. The number of aromatic nitrogens is 1. The molecule has 0 aliphatic heterocycles. The molecular formula is C10H16N2O. The second kappa shape index (κ2) is 4.94. The van der Waals surface area contributed by atoms with Gasteiger partial charge in [-0.15, -0.1) is 0 Å². The highest BCUT2D eigenvalue weighted by Gasteiger charge is 2.05. The number of nitrogens with one attached hydrogen (secondary N) is 1. The van der Waals surface area contributed by atoms with Crippen molar-refractivity contribution in [3.63, 3.8) is 0 Å². The van der Waals surface area contributed by atoms with Crippen LogP contribution in [0, 0.1) is 0 Å². The molecule has 0 aliphatic carbocycles. The van der Waals surface area contributed by atoms with Gasteiger partial charge in [0.2, 0.25) is 0 Å². The molecule has 72 valence electrons. The third-order valence-corrected chi connectivity index (χ3v) is 1.85. The number of nitrogens with zero attached hydrogens (tertiary/aromatic N) is 1. The van der Waals surface area contributed by atoms with Crippen LogP contribution in [0.1, 0.15) is 25.6 Å². The lowest BCUT2D eigenvalue weighted by atomic mass is 10.2. The van der Waals surface area contributed by atoms with Crippen molar-refractivity contribution in [1.82, 2.24) is 10.3 Å². The van der Waals surface area contributed by atoms with E-state index in [0.717, 1.165) is 5.69 Å². The molecule has 2 unspecified atom stereocenters. The van der Waals surface area contributed by atoms with Crippen LogP contribution in [0.4, 0.5) is 0 Å². The van der Waals surface area contributed by atoms with Crippen molar-refractivity contribution in [2.45, 2.75) is 26.0 Å². The van der Waals surface area contributed by atoms with E-state index in [4.69, 9.17) is 5.11 Å². The molecule has 2 N–H and O–H groups in total. The zero-order chi connectivity index (χ0) is 9.68. The Balaban J connectivity index is 2.44. The van der Waals surface area contributed by atoms with Crippen molar-refractivity contribution in [3.8, 4) is 0 Å². The van der Waals surface area contributed by atoms with Crippen LogP contribution in [0.25, 0.3) is 0 Å². The van der Waals surface area contributed by atoms with Gasteiger partial charge in [-0.3, -0.25) is 4.98 Å². The lowest BCUT2D eigenvalue weighted by Gasteiger charge is -2.14. The number of rotatable bonds is 4. The van der Waals surface area contributed by atoms with Gasteiger partial charge in [0.15, 0.2) is 0 Å². The SMILES string of the molecule is CC(O)CNC(C)c1ccccn1. The molecule has 0 radical (unpaired) electrons. The van der Waals surface area contributed by atoms with Crippen molar-refractivity contribution < 1.29 is 5.11 Å². The number of aliphatic hydroxyl groups excluding tert-OH is 1. The second-order valence-corrected chi connectivity index (χ2v) is 3.23. The van der Waals surface area contributed by atoms with Gasteiger partial charge in [0.1, 0.15) is 0 Å². The number of pyridine rings is 1. The Hall–Kier alpha value is -0.930. The van der Waals surface area contributed by atoms with Crippen LogP contribution in [-0.4, -0.2) is 22.7 Å². The van der Waals surface area contributed by atoms with Gasteiger partial charge < -0.3 is 10.4 Å². The maximum atomic E-state index is 9.07. The van der Waals surface area contributed by atoms with Crippen LogP contribution in [0.15, 0.2) is 24.4 Å². The van der Waals surface area contributed by atoms with E-state index in [0.29, 0.717) is 6.54 Å². The molecule has 0 aromatic carbocycles. The molecular weight excluding hydrogens is 164 g/mol. The molecule has 1 rings (SSSR count). The fourth-order valence-corrected chi connectivity index (χ4v) is 1.08. The van der Waals surface area contributed by atoms with Crippen LogP contribution in [0.2, 0.25) is 0 Å². The molecule has 2 atom stereocenters. The molecule has 3 heteroatoms. The summed E-state index contributed by atoms with van der Waals surface area (Å²) in [5.74, 6) is 0. The van der Waals surface area contributed by atoms with Crippen LogP contribution in [0.5, 0.6) is 0 Å². The summed E-state index contributed by atoms with van der Waals surface area (Å²) in [6, 6.07) is 6.02. The summed E-state index contributed by atoms with van der Waals surface area (Å²) in [7, 11) is 0. The summed E-state index contributed by atoms with van der Waals surface area (Å²) >= 11 is 0. The molecule has 1 heterocycles. The number of aliphatic hydroxyl groups is 1. The second-order valence-electron chi connectivity index (χ2n) is 3.23. The summed E-state index contributed by atoms with van der Waals surface area (Å²) < 4.78 is 0. The zero-order valence-electron chi connectivity index (χ0n) is 8.07. The number of hydrogen-bond donors (Lipinski definition) is 2. The molecule has 0 amide bonds. The van der Waals surface area contributed by atoms with E-state index in [-0.39, 0.29) is 12.1 Å². The molecule has 0 bridgehead atoms. The zero-order valence-corrected chi connectivity index (χ0v) is 8.07. The average molecular weight is 180 g/mol. The molecule has 1 aromatic heterocycles. The summed E-state index contributed by atoms with van der Waals surface area (Å²) in [6.45, 7) is 4.39. The van der Waals surface area contributed by atoms with Gasteiger partial charge in [0.05, 0.1) is 11.8 Å². The van der Waals surface area contributed by atoms with Gasteiger partial charge in [-0.2, -0.15) is 0 Å². The lowest BCUT2D eigenvalue weighted by Crippen LogP contribution is -2.27. The molecule has 0 aliphatic rings. The minimum atomic E-state index is -0.314. The third kappa shape index (κ3) is 3.53. The predicted molar refractivity (Wildman–Crippen MR) is 52.3 cm³/mol. The van der Waals surface area contributed by atoms with E-state index in [1.165, 1.54) is 0 Å². The van der Waals surface area contributed by atoms with E-state index < -0.39 is 0 Å². The molecule has 0 fully saturated rings. The van der Waals surface area contributed by atoms with Crippen molar-refractivity contribution in [1.29, 1.82) is 0 Å². The Morgan fingerprint density at radius 2 is 2.23 bits per heavy atom. The summed E-state index contributed by atoms with van der Waals surface area (Å²) in [5.41, 5.74) is 1.00. The van der Waals surface area contributed by atoms with Gasteiger partial charge in [-0.05, 0) is 26.0 Å². The summed E-state index contributed by atoms with van der Waals surface area (Å²) in [5, 5.41) is 12.3. The predicted octanol–water partition coefficient (Wildman–Crippen LogP) is 1.11. The fourth-order valence-electron chi connectivity index (χ4n) is 1.08. The topological polar surface area (TPSA) is 45.1 Å². The third-order valence-electron chi connectivity index (χ3n) is 1.85. The Morgan fingerprint density at radius 1 is 1.46 bits per heavy atom. The molecule has 1 aromatic rings. The minimum absolute atomic E-state index is 0.191. The van der Waals surface area contributed by atoms with Gasteiger partial charge in [-0.25, -0.2) is 0 Å². The Kier molecular flexibility index (Phi) is 3.86. The van der Waals surface area contributed by atoms with E-state index in [1.807, 2.05) is 25.1 Å². The smallest absolute Gasteiger partial charge is 0.0636 e. The highest BCUT2D eigenvalue weighted by molar-refractivity contribution is 5.07. The van der Waals surface area contributed by atoms with Gasteiger partial charge in [0, 0.05) is 18.8 Å². The average Bonchev–Trinajstić information content (AvgIpc) is 2.15. The van der Waals surface area contributed by atoms with Crippen LogP contribution < -0.4 is 5.32 Å². The Bertz CT molecular complexity index is 236. The molecule has 13 heavy (non-hydrogen) atoms. The molecule has 0 saturated carbocycles. The highest BCUT2D eigenvalue weighted by atomic mass is 16.3. The van der Waals surface area contributed by atoms with Crippen LogP contribution in [0.3, 0.4) is 0 Å². The fraction of sp³-hybridized carbons (Fsp3) is 0.500. The van der Waals surface area contributed by atoms with Crippen LogP contribution >= 0.6 is 0 Å². The maximum Gasteiger partial charge on any atom is 0.0636 e. The summed E-state index contributed by atoms with van der Waals surface area (Å²) in [6.07, 6.45) is 1.46. The first-order valence-electron chi connectivity index (χ1n) is 4.52. The minimum Gasteiger partial charge on any atom is -0.392 e. The Labute approximate surface area is 78.8 Å². The number of hydrogen-bond acceptors (Lipinski definition) is 3. The molecule has 3 nitrogen and oxygen atoms in total. The standard InChI is InChI=1S/C10H16N2O/c1-8(13)7-12-9(2)10-5-3-4-6-11-10/h3-6,8-9,12-13H,7H2,1-2H3. The first kappa shape index (κ1) is 10.2. The monoisotopic (exact) mass is 180 g/mol. The van der Waals surface area contributed by atoms with E-state index >= 15 is 0 Å².